The second-order valence-electron chi connectivity index (χ2n) is 6.58. The molecule has 1 aliphatic heterocycles. The minimum absolute atomic E-state index is 0.0312. The summed E-state index contributed by atoms with van der Waals surface area (Å²) in [6.07, 6.45) is 4.22. The topological polar surface area (TPSA) is 90.4 Å². The molecule has 128 valence electrons. The zero-order valence-corrected chi connectivity index (χ0v) is 13.6. The van der Waals surface area contributed by atoms with Gasteiger partial charge < -0.3 is 19.0 Å². The molecule has 3 atom stereocenters. The second kappa shape index (κ2) is 6.39. The molecular formula is C17H21N3O4. The van der Waals surface area contributed by atoms with Gasteiger partial charge in [0.25, 0.3) is 0 Å². The van der Waals surface area contributed by atoms with Crippen LogP contribution in [-0.4, -0.2) is 29.3 Å². The Labute approximate surface area is 139 Å². The first-order chi connectivity index (χ1) is 11.7. The van der Waals surface area contributed by atoms with Gasteiger partial charge in [0.1, 0.15) is 11.8 Å². The van der Waals surface area contributed by atoms with Crippen molar-refractivity contribution in [2.75, 3.05) is 13.2 Å². The number of amides is 1. The zero-order chi connectivity index (χ0) is 16.5. The Morgan fingerprint density at radius 3 is 2.88 bits per heavy atom. The summed E-state index contributed by atoms with van der Waals surface area (Å²) in [5.41, 5.74) is 0. The van der Waals surface area contributed by atoms with Crippen molar-refractivity contribution in [3.05, 3.63) is 35.9 Å². The fraction of sp³-hybridized carbons (Fsp3) is 0.588. The first-order valence-corrected chi connectivity index (χ1v) is 8.44. The maximum Gasteiger partial charge on any atom is 0.249 e. The Hall–Kier alpha value is -2.15. The van der Waals surface area contributed by atoms with E-state index < -0.39 is 0 Å². The van der Waals surface area contributed by atoms with Crippen LogP contribution in [0.4, 0.5) is 0 Å². The molecule has 0 radical (unpaired) electrons. The van der Waals surface area contributed by atoms with Crippen LogP contribution in [-0.2, 0) is 9.53 Å². The fourth-order valence-corrected chi connectivity index (χ4v) is 3.43. The molecule has 4 rings (SSSR count). The number of nitrogens with zero attached hydrogens (tertiary/aromatic N) is 2. The molecule has 2 aromatic rings. The highest BCUT2D eigenvalue weighted by Gasteiger charge is 2.47. The number of aromatic nitrogens is 2. The maximum atomic E-state index is 12.7. The molecule has 1 aliphatic carbocycles. The lowest BCUT2D eigenvalue weighted by Crippen LogP contribution is -2.37. The van der Waals surface area contributed by atoms with Gasteiger partial charge in [-0.3, -0.25) is 4.79 Å². The molecule has 1 saturated heterocycles. The standard InChI is InChI=1S/C17H21N3O4/c1-10-18-17(24-20-10)15(11-4-7-22-8-5-11)19-16(21)13-9-12(13)14-3-2-6-23-14/h2-3,6,11-13,15H,4-5,7-9H2,1H3,(H,19,21). The van der Waals surface area contributed by atoms with E-state index in [1.54, 1.807) is 13.2 Å². The molecule has 2 aliphatic rings. The van der Waals surface area contributed by atoms with E-state index in [1.807, 2.05) is 12.1 Å². The summed E-state index contributed by atoms with van der Waals surface area (Å²) < 4.78 is 16.2. The van der Waals surface area contributed by atoms with Crippen LogP contribution in [0.1, 0.15) is 48.7 Å². The molecule has 2 aromatic heterocycles. The molecule has 3 unspecified atom stereocenters. The molecular weight excluding hydrogens is 310 g/mol. The molecule has 2 fully saturated rings. The molecule has 24 heavy (non-hydrogen) atoms. The van der Waals surface area contributed by atoms with Crippen LogP contribution in [0.15, 0.2) is 27.3 Å². The summed E-state index contributed by atoms with van der Waals surface area (Å²) in [6.45, 7) is 3.18. The smallest absolute Gasteiger partial charge is 0.249 e. The minimum Gasteiger partial charge on any atom is -0.469 e. The van der Waals surface area contributed by atoms with Gasteiger partial charge >= 0.3 is 0 Å². The Morgan fingerprint density at radius 2 is 2.21 bits per heavy atom. The van der Waals surface area contributed by atoms with Gasteiger partial charge in [0.05, 0.1) is 6.26 Å². The van der Waals surface area contributed by atoms with E-state index in [-0.39, 0.29) is 29.7 Å². The van der Waals surface area contributed by atoms with Crippen molar-refractivity contribution < 1.29 is 18.5 Å². The molecule has 7 nitrogen and oxygen atoms in total. The Kier molecular flexibility index (Phi) is 4.10. The summed E-state index contributed by atoms with van der Waals surface area (Å²) >= 11 is 0. The molecule has 0 bridgehead atoms. The largest absolute Gasteiger partial charge is 0.469 e. The van der Waals surface area contributed by atoms with Crippen LogP contribution in [0, 0.1) is 18.8 Å². The number of furan rings is 1. The number of aryl methyl sites for hydroxylation is 1. The summed E-state index contributed by atoms with van der Waals surface area (Å²) in [4.78, 5) is 17.0. The van der Waals surface area contributed by atoms with Crippen LogP contribution < -0.4 is 5.32 Å². The van der Waals surface area contributed by atoms with Crippen molar-refractivity contribution in [2.45, 2.75) is 38.1 Å². The van der Waals surface area contributed by atoms with Crippen molar-refractivity contribution in [3.8, 4) is 0 Å². The predicted molar refractivity (Wildman–Crippen MR) is 83.0 cm³/mol. The molecule has 0 spiro atoms. The third kappa shape index (κ3) is 3.08. The van der Waals surface area contributed by atoms with Gasteiger partial charge in [-0.2, -0.15) is 4.98 Å². The summed E-state index contributed by atoms with van der Waals surface area (Å²) in [6, 6.07) is 3.53. The van der Waals surface area contributed by atoms with E-state index in [0.29, 0.717) is 24.9 Å². The van der Waals surface area contributed by atoms with Gasteiger partial charge in [0.15, 0.2) is 5.82 Å². The van der Waals surface area contributed by atoms with Crippen LogP contribution in [0.25, 0.3) is 0 Å². The average molecular weight is 331 g/mol. The van der Waals surface area contributed by atoms with Gasteiger partial charge in [-0.25, -0.2) is 0 Å². The SMILES string of the molecule is Cc1noc(C(NC(=O)C2CC2c2ccco2)C2CCOCC2)n1. The second-order valence-corrected chi connectivity index (χ2v) is 6.58. The minimum atomic E-state index is -0.250. The quantitative estimate of drug-likeness (QED) is 0.904. The third-order valence-electron chi connectivity index (χ3n) is 4.88. The van der Waals surface area contributed by atoms with Gasteiger partial charge in [-0.15, -0.1) is 0 Å². The lowest BCUT2D eigenvalue weighted by atomic mass is 9.91. The number of hydrogen-bond acceptors (Lipinski definition) is 6. The van der Waals surface area contributed by atoms with E-state index in [4.69, 9.17) is 13.7 Å². The number of ether oxygens (including phenoxy) is 1. The third-order valence-corrected chi connectivity index (χ3v) is 4.88. The highest BCUT2D eigenvalue weighted by Crippen LogP contribution is 2.48. The number of carbonyl (C=O) groups excluding carboxylic acids is 1. The highest BCUT2D eigenvalue weighted by atomic mass is 16.5. The van der Waals surface area contributed by atoms with Crippen LogP contribution in [0.5, 0.6) is 0 Å². The fourth-order valence-electron chi connectivity index (χ4n) is 3.43. The van der Waals surface area contributed by atoms with Crippen molar-refractivity contribution in [2.24, 2.45) is 11.8 Å². The van der Waals surface area contributed by atoms with Gasteiger partial charge in [0, 0.05) is 25.0 Å². The highest BCUT2D eigenvalue weighted by molar-refractivity contribution is 5.83. The van der Waals surface area contributed by atoms with Crippen LogP contribution in [0.3, 0.4) is 0 Å². The number of hydrogen-bond donors (Lipinski definition) is 1. The monoisotopic (exact) mass is 331 g/mol. The molecule has 3 heterocycles. The van der Waals surface area contributed by atoms with E-state index in [9.17, 15) is 4.79 Å². The van der Waals surface area contributed by atoms with Crippen molar-refractivity contribution >= 4 is 5.91 Å². The number of nitrogens with one attached hydrogen (secondary N) is 1. The zero-order valence-electron chi connectivity index (χ0n) is 13.6. The Balaban J connectivity index is 1.46. The van der Waals surface area contributed by atoms with E-state index >= 15 is 0 Å². The number of carbonyl (C=O) groups is 1. The van der Waals surface area contributed by atoms with Gasteiger partial charge in [-0.1, -0.05) is 5.16 Å². The molecule has 7 heteroatoms. The first kappa shape index (κ1) is 15.4. The normalized spacial score (nSPS) is 25.4. The summed E-state index contributed by atoms with van der Waals surface area (Å²) in [7, 11) is 0. The van der Waals surface area contributed by atoms with E-state index in [1.165, 1.54) is 0 Å². The first-order valence-electron chi connectivity index (χ1n) is 8.44. The average Bonchev–Trinajstić information content (AvgIpc) is 3.01. The van der Waals surface area contributed by atoms with Crippen molar-refractivity contribution in [3.63, 3.8) is 0 Å². The lowest BCUT2D eigenvalue weighted by Gasteiger charge is -2.28. The number of rotatable bonds is 5. The molecule has 0 aromatic carbocycles. The molecule has 1 amide bonds. The maximum absolute atomic E-state index is 12.7. The van der Waals surface area contributed by atoms with E-state index in [2.05, 4.69) is 15.5 Å². The van der Waals surface area contributed by atoms with Crippen molar-refractivity contribution in [1.82, 2.24) is 15.5 Å². The van der Waals surface area contributed by atoms with E-state index in [0.717, 1.165) is 25.0 Å². The van der Waals surface area contributed by atoms with Crippen LogP contribution in [0.2, 0.25) is 0 Å². The van der Waals surface area contributed by atoms with Gasteiger partial charge in [-0.05, 0) is 44.2 Å². The molecule has 1 saturated carbocycles. The molecule has 1 N–H and O–H groups in total. The Bertz CT molecular complexity index is 691. The Morgan fingerprint density at radius 1 is 1.38 bits per heavy atom. The summed E-state index contributed by atoms with van der Waals surface area (Å²) in [5.74, 6) is 2.37. The van der Waals surface area contributed by atoms with Gasteiger partial charge in [0.2, 0.25) is 11.8 Å². The van der Waals surface area contributed by atoms with Crippen LogP contribution >= 0.6 is 0 Å². The lowest BCUT2D eigenvalue weighted by molar-refractivity contribution is -0.124. The predicted octanol–water partition coefficient (Wildman–Crippen LogP) is 2.36. The van der Waals surface area contributed by atoms with Crippen molar-refractivity contribution in [1.29, 1.82) is 0 Å². The summed E-state index contributed by atoms with van der Waals surface area (Å²) in [5, 5.41) is 7.01.